The van der Waals surface area contributed by atoms with Crippen LogP contribution in [0.5, 0.6) is 0 Å². The van der Waals surface area contributed by atoms with E-state index in [-0.39, 0.29) is 35.3 Å². The maximum atomic E-state index is 13.5. The van der Waals surface area contributed by atoms with E-state index in [0.717, 1.165) is 12.5 Å². The number of carbonyl (C=O) groups is 1. The highest BCUT2D eigenvalue weighted by atomic mass is 32.2. The summed E-state index contributed by atoms with van der Waals surface area (Å²) >= 11 is 0. The number of nitrogens with one attached hydrogen (secondary N) is 1. The van der Waals surface area contributed by atoms with Crippen molar-refractivity contribution in [2.45, 2.75) is 23.9 Å². The Labute approximate surface area is 195 Å². The van der Waals surface area contributed by atoms with Gasteiger partial charge in [0.15, 0.2) is 9.84 Å². The maximum Gasteiger partial charge on any atom is 0.419 e. The average Bonchev–Trinajstić information content (AvgIpc) is 2.76. The molecule has 11 heteroatoms. The van der Waals surface area contributed by atoms with Crippen LogP contribution in [0.2, 0.25) is 0 Å². The maximum absolute atomic E-state index is 13.5. The predicted molar refractivity (Wildman–Crippen MR) is 122 cm³/mol. The van der Waals surface area contributed by atoms with E-state index in [1.165, 1.54) is 17.0 Å². The zero-order valence-corrected chi connectivity index (χ0v) is 19.5. The van der Waals surface area contributed by atoms with Crippen LogP contribution in [0.4, 0.5) is 24.8 Å². The number of alkyl halides is 3. The molecule has 0 aliphatic carbocycles. The fraction of sp³-hybridized carbons (Fsp3) is 0.261. The van der Waals surface area contributed by atoms with Crippen molar-refractivity contribution < 1.29 is 26.4 Å². The van der Waals surface area contributed by atoms with Gasteiger partial charge in [0.05, 0.1) is 16.2 Å². The molecule has 34 heavy (non-hydrogen) atoms. The van der Waals surface area contributed by atoms with Crippen molar-refractivity contribution in [3.63, 3.8) is 0 Å². The van der Waals surface area contributed by atoms with Gasteiger partial charge in [-0.2, -0.15) is 13.2 Å². The number of aryl methyl sites for hydroxylation is 2. The summed E-state index contributed by atoms with van der Waals surface area (Å²) in [5.74, 6) is -0.209. The van der Waals surface area contributed by atoms with Crippen molar-refractivity contribution >= 4 is 27.4 Å². The molecule has 0 aliphatic heterocycles. The molecule has 0 unspecified atom stereocenters. The molecule has 1 heterocycles. The third-order valence-electron chi connectivity index (χ3n) is 4.94. The Morgan fingerprint density at radius 1 is 1.06 bits per heavy atom. The molecule has 1 amide bonds. The molecule has 7 nitrogen and oxygen atoms in total. The van der Waals surface area contributed by atoms with Crippen molar-refractivity contribution in [1.29, 1.82) is 0 Å². The monoisotopic (exact) mass is 492 g/mol. The highest BCUT2D eigenvalue weighted by Crippen LogP contribution is 2.32. The smallest absolute Gasteiger partial charge is 0.345 e. The van der Waals surface area contributed by atoms with Crippen LogP contribution in [-0.4, -0.2) is 49.5 Å². The number of benzene rings is 2. The van der Waals surface area contributed by atoms with E-state index < -0.39 is 21.6 Å². The van der Waals surface area contributed by atoms with Gasteiger partial charge in [0.25, 0.3) is 5.91 Å². The molecule has 0 spiro atoms. The van der Waals surface area contributed by atoms with Crippen molar-refractivity contribution in [2.24, 2.45) is 0 Å². The van der Waals surface area contributed by atoms with Gasteiger partial charge in [-0.3, -0.25) is 4.79 Å². The molecular formula is C23H23F3N4O3S. The van der Waals surface area contributed by atoms with Crippen molar-refractivity contribution in [3.8, 4) is 0 Å². The molecule has 3 aromatic rings. The number of halogens is 3. The minimum atomic E-state index is -4.64. The molecule has 0 radical (unpaired) electrons. The second-order valence-electron chi connectivity index (χ2n) is 7.87. The van der Waals surface area contributed by atoms with E-state index in [1.807, 2.05) is 0 Å². The third-order valence-corrected chi connectivity index (χ3v) is 6.05. The lowest BCUT2D eigenvalue weighted by Crippen LogP contribution is -2.21. The Balaban J connectivity index is 1.84. The normalized spacial score (nSPS) is 11.8. The number of amides is 1. The summed E-state index contributed by atoms with van der Waals surface area (Å²) in [5.41, 5.74) is 0.367. The summed E-state index contributed by atoms with van der Waals surface area (Å²) in [7, 11) is -0.177. The Kier molecular flexibility index (Phi) is 7.25. The molecule has 0 saturated heterocycles. The summed E-state index contributed by atoms with van der Waals surface area (Å²) in [6, 6.07) is 12.5. The average molecular weight is 493 g/mol. The number of hydrogen-bond donors (Lipinski definition) is 1. The number of rotatable bonds is 7. The molecule has 1 aromatic heterocycles. The highest BCUT2D eigenvalue weighted by molar-refractivity contribution is 7.90. The summed E-state index contributed by atoms with van der Waals surface area (Å²) in [6.45, 7) is 0. The van der Waals surface area contributed by atoms with Gasteiger partial charge in [-0.1, -0.05) is 12.1 Å². The predicted octanol–water partition coefficient (Wildman–Crippen LogP) is 4.13. The SMILES string of the molecule is CN(C)C(=O)c1ccc(Nc2ncc(C(F)(F)F)c(CCc3cccc(S(C)(=O)=O)c3)n2)cc1. The molecule has 2 aromatic carbocycles. The summed E-state index contributed by atoms with van der Waals surface area (Å²) in [5, 5.41) is 2.85. The number of sulfone groups is 1. The first-order valence-electron chi connectivity index (χ1n) is 10.2. The first-order valence-corrected chi connectivity index (χ1v) is 12.0. The minimum absolute atomic E-state index is 0.0282. The summed E-state index contributed by atoms with van der Waals surface area (Å²) in [4.78, 5) is 21.4. The zero-order valence-electron chi connectivity index (χ0n) is 18.7. The van der Waals surface area contributed by atoms with Gasteiger partial charge in [0.1, 0.15) is 0 Å². The number of carbonyl (C=O) groups excluding carboxylic acids is 1. The number of hydrogen-bond acceptors (Lipinski definition) is 6. The van der Waals surface area contributed by atoms with E-state index in [2.05, 4.69) is 15.3 Å². The lowest BCUT2D eigenvalue weighted by atomic mass is 10.1. The second-order valence-corrected chi connectivity index (χ2v) is 9.89. The number of nitrogens with zero attached hydrogens (tertiary/aromatic N) is 3. The topological polar surface area (TPSA) is 92.3 Å². The van der Waals surface area contributed by atoms with Gasteiger partial charge < -0.3 is 10.2 Å². The van der Waals surface area contributed by atoms with E-state index in [4.69, 9.17) is 0 Å². The van der Waals surface area contributed by atoms with Crippen LogP contribution in [0.1, 0.15) is 27.2 Å². The third kappa shape index (κ3) is 6.31. The van der Waals surface area contributed by atoms with Crippen molar-refractivity contribution in [2.75, 3.05) is 25.7 Å². The van der Waals surface area contributed by atoms with Crippen molar-refractivity contribution in [1.82, 2.24) is 14.9 Å². The van der Waals surface area contributed by atoms with Gasteiger partial charge in [-0.15, -0.1) is 0 Å². The van der Waals surface area contributed by atoms with Crippen molar-refractivity contribution in [3.05, 3.63) is 77.1 Å². The fourth-order valence-electron chi connectivity index (χ4n) is 3.18. The Hall–Kier alpha value is -3.47. The van der Waals surface area contributed by atoms with Crippen LogP contribution in [0.3, 0.4) is 0 Å². The molecule has 0 aliphatic rings. The molecule has 0 fully saturated rings. The first kappa shape index (κ1) is 25.2. The van der Waals surface area contributed by atoms with E-state index in [1.54, 1.807) is 50.5 Å². The number of anilines is 2. The van der Waals surface area contributed by atoms with Crippen LogP contribution >= 0.6 is 0 Å². The lowest BCUT2D eigenvalue weighted by Gasteiger charge is -2.14. The summed E-state index contributed by atoms with van der Waals surface area (Å²) < 4.78 is 64.1. The zero-order chi connectivity index (χ0) is 25.1. The Bertz CT molecular complexity index is 1290. The van der Waals surface area contributed by atoms with Gasteiger partial charge in [0.2, 0.25) is 5.95 Å². The Morgan fingerprint density at radius 2 is 1.74 bits per heavy atom. The molecule has 1 N–H and O–H groups in total. The molecular weight excluding hydrogens is 469 g/mol. The number of aromatic nitrogens is 2. The van der Waals surface area contributed by atoms with Gasteiger partial charge >= 0.3 is 6.18 Å². The largest absolute Gasteiger partial charge is 0.419 e. The quantitative estimate of drug-likeness (QED) is 0.533. The molecule has 180 valence electrons. The second kappa shape index (κ2) is 9.80. The van der Waals surface area contributed by atoms with Crippen LogP contribution in [-0.2, 0) is 28.9 Å². The fourth-order valence-corrected chi connectivity index (χ4v) is 3.87. The highest BCUT2D eigenvalue weighted by Gasteiger charge is 2.34. The van der Waals surface area contributed by atoms with Crippen LogP contribution in [0, 0.1) is 0 Å². The van der Waals surface area contributed by atoms with Crippen LogP contribution in [0.15, 0.2) is 59.6 Å². The molecule has 0 saturated carbocycles. The van der Waals surface area contributed by atoms with Crippen LogP contribution < -0.4 is 5.32 Å². The molecule has 0 bridgehead atoms. The van der Waals surface area contributed by atoms with Gasteiger partial charge in [0, 0.05) is 37.8 Å². The van der Waals surface area contributed by atoms with Crippen LogP contribution in [0.25, 0.3) is 0 Å². The standard InChI is InChI=1S/C23H23F3N4O3S/c1-30(2)21(31)16-8-10-17(11-9-16)28-22-27-14-19(23(24,25)26)20(29-22)12-7-15-5-4-6-18(13-15)34(3,32)33/h4-6,8-11,13-14H,7,12H2,1-3H3,(H,27,28,29). The summed E-state index contributed by atoms with van der Waals surface area (Å²) in [6.07, 6.45) is -2.77. The van der Waals surface area contributed by atoms with Gasteiger partial charge in [-0.25, -0.2) is 18.4 Å². The van der Waals surface area contributed by atoms with E-state index in [9.17, 15) is 26.4 Å². The molecule has 3 rings (SSSR count). The molecule has 0 atom stereocenters. The van der Waals surface area contributed by atoms with E-state index >= 15 is 0 Å². The van der Waals surface area contributed by atoms with Gasteiger partial charge in [-0.05, 0) is 54.8 Å². The van der Waals surface area contributed by atoms with E-state index in [0.29, 0.717) is 16.8 Å². The Morgan fingerprint density at radius 3 is 2.32 bits per heavy atom. The first-order chi connectivity index (χ1) is 15.8. The minimum Gasteiger partial charge on any atom is -0.345 e. The lowest BCUT2D eigenvalue weighted by molar-refractivity contribution is -0.138.